The van der Waals surface area contributed by atoms with Crippen molar-refractivity contribution in [2.45, 2.75) is 30.7 Å². The van der Waals surface area contributed by atoms with Crippen molar-refractivity contribution in [3.63, 3.8) is 0 Å². The molecule has 0 amide bonds. The molecule has 2 N–H and O–H groups in total. The van der Waals surface area contributed by atoms with Crippen LogP contribution in [-0.4, -0.2) is 41.9 Å². The number of aromatic hydroxyl groups is 1. The minimum atomic E-state index is -4.03. The number of fused-ring (bicyclic) bond motifs is 1. The second kappa shape index (κ2) is 10.7. The van der Waals surface area contributed by atoms with Crippen molar-refractivity contribution in [2.75, 3.05) is 13.1 Å². The van der Waals surface area contributed by atoms with E-state index in [4.69, 9.17) is 0 Å². The Kier molecular flexibility index (Phi) is 7.54. The number of rotatable bonds is 5. The zero-order chi connectivity index (χ0) is 27.9. The summed E-state index contributed by atoms with van der Waals surface area (Å²) in [6, 6.07) is 9.41. The fourth-order valence-corrected chi connectivity index (χ4v) is 7.36. The second-order valence-electron chi connectivity index (χ2n) is 9.78. The summed E-state index contributed by atoms with van der Waals surface area (Å²) in [7, 11) is -4.03. The van der Waals surface area contributed by atoms with E-state index in [0.717, 1.165) is 39.4 Å². The quantitative estimate of drug-likeness (QED) is 0.433. The maximum Gasteiger partial charge on any atom is 0.243 e. The number of nitrogens with zero attached hydrogens (tertiary/aromatic N) is 2. The second-order valence-corrected chi connectivity index (χ2v) is 12.6. The number of benzene rings is 2. The highest BCUT2D eigenvalue weighted by molar-refractivity contribution is 9.11. The summed E-state index contributed by atoms with van der Waals surface area (Å²) < 4.78 is 55.7. The van der Waals surface area contributed by atoms with Gasteiger partial charge in [-0.3, -0.25) is 4.90 Å². The van der Waals surface area contributed by atoms with Crippen LogP contribution >= 0.6 is 15.9 Å². The maximum atomic E-state index is 13.7. The van der Waals surface area contributed by atoms with Crippen molar-refractivity contribution in [3.05, 3.63) is 112 Å². The van der Waals surface area contributed by atoms with Gasteiger partial charge in [-0.15, -0.1) is 0 Å². The SMILES string of the molecule is C=C1C=CC(Br)=C2[C@H](C)C=C(c3ccccc3O)C=C(NC3CCN(S(=O)(=O)c4cc(F)cc(F)c4)CC3)N12. The molecular weight excluding hydrogens is 588 g/mol. The van der Waals surface area contributed by atoms with Gasteiger partial charge in [0.15, 0.2) is 0 Å². The number of para-hydroxylation sites is 1. The highest BCUT2D eigenvalue weighted by Crippen LogP contribution is 2.40. The highest BCUT2D eigenvalue weighted by atomic mass is 79.9. The molecule has 3 heterocycles. The number of halogens is 3. The fraction of sp³-hybridized carbons (Fsp3) is 0.241. The van der Waals surface area contributed by atoms with Crippen molar-refractivity contribution in [1.29, 1.82) is 0 Å². The Balaban J connectivity index is 1.42. The monoisotopic (exact) mass is 615 g/mol. The maximum absolute atomic E-state index is 13.7. The molecule has 1 saturated heterocycles. The van der Waals surface area contributed by atoms with Gasteiger partial charge in [-0.2, -0.15) is 4.31 Å². The smallest absolute Gasteiger partial charge is 0.243 e. The van der Waals surface area contributed by atoms with Crippen LogP contribution in [0.1, 0.15) is 25.3 Å². The molecule has 39 heavy (non-hydrogen) atoms. The summed E-state index contributed by atoms with van der Waals surface area (Å²) >= 11 is 3.69. The van der Waals surface area contributed by atoms with Crippen LogP contribution < -0.4 is 5.32 Å². The van der Waals surface area contributed by atoms with E-state index in [-0.39, 0.29) is 35.7 Å². The van der Waals surface area contributed by atoms with E-state index in [0.29, 0.717) is 24.5 Å². The van der Waals surface area contributed by atoms with Crippen LogP contribution in [0.3, 0.4) is 0 Å². The Labute approximate surface area is 235 Å². The molecule has 2 aromatic carbocycles. The summed E-state index contributed by atoms with van der Waals surface area (Å²) in [5.74, 6) is -0.963. The minimum Gasteiger partial charge on any atom is -0.507 e. The molecule has 0 saturated carbocycles. The molecule has 3 aliphatic heterocycles. The first-order chi connectivity index (χ1) is 18.5. The van der Waals surface area contributed by atoms with Crippen LogP contribution in [0.4, 0.5) is 8.78 Å². The van der Waals surface area contributed by atoms with Gasteiger partial charge in [-0.1, -0.05) is 37.8 Å². The van der Waals surface area contributed by atoms with Crippen molar-refractivity contribution < 1.29 is 22.3 Å². The lowest BCUT2D eigenvalue weighted by atomic mass is 9.98. The minimum absolute atomic E-state index is 0.0233. The van der Waals surface area contributed by atoms with Crippen molar-refractivity contribution in [1.82, 2.24) is 14.5 Å². The zero-order valence-corrected chi connectivity index (χ0v) is 23.6. The molecule has 0 aromatic heterocycles. The third kappa shape index (κ3) is 5.46. The number of allylic oxidation sites excluding steroid dienone is 6. The largest absolute Gasteiger partial charge is 0.507 e. The lowest BCUT2D eigenvalue weighted by molar-refractivity contribution is 0.286. The standard InChI is InChI=1S/C29H28BrF2N3O3S/c1-18-13-20(25-5-3-4-6-27(25)36)14-28(35-19(2)7-8-26(30)29(18)35)33-23-9-11-34(12-10-23)39(37,38)24-16-21(31)15-22(32)17-24/h3-8,13-18,23,33,36H,2,9-12H2,1H3/t18-/m1/s1. The molecule has 6 nitrogen and oxygen atoms in total. The van der Waals surface area contributed by atoms with E-state index in [1.807, 2.05) is 35.3 Å². The summed E-state index contributed by atoms with van der Waals surface area (Å²) in [5.41, 5.74) is 3.28. The number of hydrogen-bond acceptors (Lipinski definition) is 5. The predicted molar refractivity (Wildman–Crippen MR) is 151 cm³/mol. The molecule has 3 aliphatic rings. The van der Waals surface area contributed by atoms with E-state index in [1.54, 1.807) is 12.1 Å². The van der Waals surface area contributed by atoms with Crippen molar-refractivity contribution >= 4 is 31.5 Å². The molecule has 5 rings (SSSR count). The van der Waals surface area contributed by atoms with Gasteiger partial charge in [-0.25, -0.2) is 17.2 Å². The van der Waals surface area contributed by atoms with Gasteiger partial charge in [0.1, 0.15) is 23.2 Å². The molecular formula is C29H28BrF2N3O3S. The molecule has 1 fully saturated rings. The van der Waals surface area contributed by atoms with Gasteiger partial charge in [0.2, 0.25) is 10.0 Å². The molecule has 0 aliphatic carbocycles. The number of nitrogens with one attached hydrogen (secondary N) is 1. The Morgan fingerprint density at radius 2 is 1.74 bits per heavy atom. The first kappa shape index (κ1) is 27.4. The number of hydrogen-bond donors (Lipinski definition) is 2. The van der Waals surface area contributed by atoms with Crippen LogP contribution in [0, 0.1) is 17.6 Å². The topological polar surface area (TPSA) is 72.9 Å². The summed E-state index contributed by atoms with van der Waals surface area (Å²) in [4.78, 5) is 1.65. The van der Waals surface area contributed by atoms with E-state index in [9.17, 15) is 22.3 Å². The third-order valence-electron chi connectivity index (χ3n) is 7.08. The van der Waals surface area contributed by atoms with Crippen LogP contribution in [0.25, 0.3) is 5.57 Å². The summed E-state index contributed by atoms with van der Waals surface area (Å²) in [6.07, 6.45) is 8.90. The predicted octanol–water partition coefficient (Wildman–Crippen LogP) is 5.98. The average molecular weight is 617 g/mol. The van der Waals surface area contributed by atoms with Crippen LogP contribution in [-0.2, 0) is 10.0 Å². The van der Waals surface area contributed by atoms with Gasteiger partial charge in [0.05, 0.1) is 4.90 Å². The van der Waals surface area contributed by atoms with Gasteiger partial charge in [-0.05, 0) is 70.8 Å². The zero-order valence-electron chi connectivity index (χ0n) is 21.2. The number of phenols is 1. The van der Waals surface area contributed by atoms with E-state index in [2.05, 4.69) is 40.8 Å². The van der Waals surface area contributed by atoms with Crippen LogP contribution in [0.2, 0.25) is 0 Å². The van der Waals surface area contributed by atoms with Gasteiger partial charge in [0, 0.05) is 52.6 Å². The number of piperidine rings is 1. The van der Waals surface area contributed by atoms with Gasteiger partial charge >= 0.3 is 0 Å². The molecule has 1 atom stereocenters. The molecule has 0 bridgehead atoms. The van der Waals surface area contributed by atoms with Crippen molar-refractivity contribution in [2.24, 2.45) is 5.92 Å². The summed E-state index contributed by atoms with van der Waals surface area (Å²) in [5, 5.41) is 14.2. The molecule has 2 aromatic rings. The van der Waals surface area contributed by atoms with E-state index >= 15 is 0 Å². The average Bonchev–Trinajstić information content (AvgIpc) is 3.03. The lowest BCUT2D eigenvalue weighted by Gasteiger charge is -2.38. The molecule has 204 valence electrons. The van der Waals surface area contributed by atoms with Crippen LogP contribution in [0.15, 0.2) is 99.9 Å². The Morgan fingerprint density at radius 1 is 1.08 bits per heavy atom. The first-order valence-corrected chi connectivity index (χ1v) is 14.8. The van der Waals surface area contributed by atoms with Crippen molar-refractivity contribution in [3.8, 4) is 5.75 Å². The fourth-order valence-electron chi connectivity index (χ4n) is 5.17. The number of phenolic OH excluding ortho intramolecular Hbond substituents is 1. The van der Waals surface area contributed by atoms with Gasteiger partial charge in [0.25, 0.3) is 0 Å². The van der Waals surface area contributed by atoms with E-state index in [1.165, 1.54) is 4.31 Å². The molecule has 0 unspecified atom stereocenters. The third-order valence-corrected chi connectivity index (χ3v) is 9.63. The molecule has 0 spiro atoms. The molecule has 0 radical (unpaired) electrons. The normalized spacial score (nSPS) is 20.9. The van der Waals surface area contributed by atoms with Crippen LogP contribution in [0.5, 0.6) is 5.75 Å². The summed E-state index contributed by atoms with van der Waals surface area (Å²) in [6.45, 7) is 6.70. The molecule has 10 heteroatoms. The Bertz CT molecular complexity index is 1540. The number of sulfonamides is 1. The Hall–Kier alpha value is -3.21. The first-order valence-electron chi connectivity index (χ1n) is 12.6. The van der Waals surface area contributed by atoms with E-state index < -0.39 is 21.7 Å². The highest BCUT2D eigenvalue weighted by Gasteiger charge is 2.33. The lowest BCUT2D eigenvalue weighted by Crippen LogP contribution is -2.46. The van der Waals surface area contributed by atoms with Gasteiger partial charge < -0.3 is 10.4 Å². The Morgan fingerprint density at radius 3 is 2.41 bits per heavy atom.